The molecule has 0 aliphatic heterocycles. The summed E-state index contributed by atoms with van der Waals surface area (Å²) in [6.07, 6.45) is 1.09. The third-order valence-electron chi connectivity index (χ3n) is 3.85. The Morgan fingerprint density at radius 1 is 1.07 bits per heavy atom. The van der Waals surface area contributed by atoms with E-state index in [2.05, 4.69) is 10.3 Å². The van der Waals surface area contributed by atoms with Gasteiger partial charge in [0.1, 0.15) is 16.4 Å². The Kier molecular flexibility index (Phi) is 5.66. The number of aromatic nitrogens is 1. The lowest BCUT2D eigenvalue weighted by molar-refractivity contribution is 0.103. The highest BCUT2D eigenvalue weighted by atomic mass is 32.2. The van der Waals surface area contributed by atoms with Crippen molar-refractivity contribution in [1.82, 2.24) is 4.98 Å². The van der Waals surface area contributed by atoms with Crippen LogP contribution in [0.5, 0.6) is 11.5 Å². The summed E-state index contributed by atoms with van der Waals surface area (Å²) in [5.41, 5.74) is 1.06. The average Bonchev–Trinajstić information content (AvgIpc) is 3.04. The van der Waals surface area contributed by atoms with Crippen molar-refractivity contribution in [1.29, 1.82) is 0 Å². The van der Waals surface area contributed by atoms with Crippen LogP contribution in [0.2, 0.25) is 0 Å². The fourth-order valence-electron chi connectivity index (χ4n) is 2.29. The maximum absolute atomic E-state index is 12.6. The summed E-state index contributed by atoms with van der Waals surface area (Å²) in [6.45, 7) is 1.67. The van der Waals surface area contributed by atoms with Gasteiger partial charge < -0.3 is 10.1 Å². The Morgan fingerprint density at radius 3 is 2.29 bits per heavy atom. The van der Waals surface area contributed by atoms with Crippen molar-refractivity contribution in [2.45, 2.75) is 6.92 Å². The number of amides is 1. The molecule has 146 valence electrons. The van der Waals surface area contributed by atoms with Crippen LogP contribution in [0, 0.1) is 6.92 Å². The SMILES string of the molecule is Cc1nc(N(C)S(C)(=O)=O)sc1C(=O)Nc1ccc(Oc2ccccc2)cc1. The minimum atomic E-state index is -3.44. The van der Waals surface area contributed by atoms with Crippen LogP contribution in [0.3, 0.4) is 0 Å². The summed E-state index contributed by atoms with van der Waals surface area (Å²) >= 11 is 1.03. The Labute approximate surface area is 167 Å². The molecular weight excluding hydrogens is 398 g/mol. The molecule has 28 heavy (non-hydrogen) atoms. The first kappa shape index (κ1) is 19.8. The maximum atomic E-state index is 12.6. The van der Waals surface area contributed by atoms with E-state index in [1.54, 1.807) is 31.2 Å². The molecule has 0 saturated carbocycles. The standard InChI is InChI=1S/C19H19N3O4S2/c1-13-17(27-19(20-13)22(2)28(3,24)25)18(23)21-14-9-11-16(12-10-14)26-15-7-5-4-6-8-15/h4-12H,1-3H3,(H,21,23). The van der Waals surface area contributed by atoms with Gasteiger partial charge in [0.2, 0.25) is 10.0 Å². The monoisotopic (exact) mass is 417 g/mol. The zero-order valence-electron chi connectivity index (χ0n) is 15.5. The number of ether oxygens (including phenoxy) is 1. The molecule has 0 saturated heterocycles. The number of carbonyl (C=O) groups excluding carboxylic acids is 1. The summed E-state index contributed by atoms with van der Waals surface area (Å²) in [5, 5.41) is 3.04. The molecule has 1 heterocycles. The summed E-state index contributed by atoms with van der Waals surface area (Å²) < 4.78 is 30.1. The van der Waals surface area contributed by atoms with Gasteiger partial charge in [-0.25, -0.2) is 17.7 Å². The first-order chi connectivity index (χ1) is 13.2. The van der Waals surface area contributed by atoms with Crippen LogP contribution in [0.15, 0.2) is 54.6 Å². The molecule has 0 spiro atoms. The summed E-state index contributed by atoms with van der Waals surface area (Å²) in [4.78, 5) is 17.1. The molecule has 1 aromatic heterocycles. The van der Waals surface area contributed by atoms with Gasteiger partial charge in [-0.05, 0) is 43.3 Å². The lowest BCUT2D eigenvalue weighted by Crippen LogP contribution is -2.24. The number of nitrogens with zero attached hydrogens (tertiary/aromatic N) is 2. The fourth-order valence-corrected chi connectivity index (χ4v) is 3.96. The number of aryl methyl sites for hydroxylation is 1. The van der Waals surface area contributed by atoms with E-state index < -0.39 is 10.0 Å². The van der Waals surface area contributed by atoms with Crippen LogP contribution < -0.4 is 14.4 Å². The van der Waals surface area contributed by atoms with Gasteiger partial charge in [-0.15, -0.1) is 0 Å². The smallest absolute Gasteiger partial charge is 0.267 e. The molecule has 1 amide bonds. The molecule has 0 atom stereocenters. The predicted octanol–water partition coefficient (Wildman–Crippen LogP) is 3.89. The zero-order valence-corrected chi connectivity index (χ0v) is 17.2. The highest BCUT2D eigenvalue weighted by Crippen LogP contribution is 2.28. The molecule has 0 fully saturated rings. The summed E-state index contributed by atoms with van der Waals surface area (Å²) in [6, 6.07) is 16.4. The number of hydrogen-bond donors (Lipinski definition) is 1. The molecule has 0 unspecified atom stereocenters. The van der Waals surface area contributed by atoms with Crippen LogP contribution >= 0.6 is 11.3 Å². The molecule has 9 heteroatoms. The number of rotatable bonds is 6. The molecule has 1 N–H and O–H groups in total. The number of benzene rings is 2. The first-order valence-electron chi connectivity index (χ1n) is 8.29. The third kappa shape index (κ3) is 4.68. The van der Waals surface area contributed by atoms with Crippen molar-refractivity contribution >= 4 is 38.1 Å². The van der Waals surface area contributed by atoms with Crippen LogP contribution in [0.25, 0.3) is 0 Å². The van der Waals surface area contributed by atoms with Crippen molar-refractivity contribution in [3.8, 4) is 11.5 Å². The Hall–Kier alpha value is -2.91. The average molecular weight is 418 g/mol. The highest BCUT2D eigenvalue weighted by molar-refractivity contribution is 7.92. The van der Waals surface area contributed by atoms with E-state index >= 15 is 0 Å². The van der Waals surface area contributed by atoms with Crippen LogP contribution in [-0.4, -0.2) is 32.6 Å². The summed E-state index contributed by atoms with van der Waals surface area (Å²) in [7, 11) is -2.04. The lowest BCUT2D eigenvalue weighted by atomic mass is 10.3. The first-order valence-corrected chi connectivity index (χ1v) is 11.0. The fraction of sp³-hybridized carbons (Fsp3) is 0.158. The quantitative estimate of drug-likeness (QED) is 0.657. The van der Waals surface area contributed by atoms with E-state index in [9.17, 15) is 13.2 Å². The lowest BCUT2D eigenvalue weighted by Gasteiger charge is -2.11. The predicted molar refractivity (Wildman–Crippen MR) is 111 cm³/mol. The second kappa shape index (κ2) is 7.99. The van der Waals surface area contributed by atoms with Crippen molar-refractivity contribution < 1.29 is 17.9 Å². The van der Waals surface area contributed by atoms with Crippen LogP contribution in [0.1, 0.15) is 15.4 Å². The Morgan fingerprint density at radius 2 is 1.68 bits per heavy atom. The molecule has 0 bridgehead atoms. The largest absolute Gasteiger partial charge is 0.457 e. The van der Waals surface area contributed by atoms with Crippen LogP contribution in [0.4, 0.5) is 10.8 Å². The highest BCUT2D eigenvalue weighted by Gasteiger charge is 2.21. The Bertz CT molecular complexity index is 1080. The molecule has 0 aliphatic rings. The van der Waals surface area contributed by atoms with Crippen molar-refractivity contribution in [3.05, 3.63) is 65.2 Å². The number of nitrogens with one attached hydrogen (secondary N) is 1. The van der Waals surface area contributed by atoms with E-state index in [1.807, 2.05) is 30.3 Å². The maximum Gasteiger partial charge on any atom is 0.267 e. The topological polar surface area (TPSA) is 88.6 Å². The van der Waals surface area contributed by atoms with Crippen LogP contribution in [-0.2, 0) is 10.0 Å². The number of carbonyl (C=O) groups is 1. The molecule has 2 aromatic carbocycles. The van der Waals surface area contributed by atoms with Gasteiger partial charge in [-0.2, -0.15) is 0 Å². The number of hydrogen-bond acceptors (Lipinski definition) is 6. The number of thiazole rings is 1. The number of sulfonamides is 1. The third-order valence-corrected chi connectivity index (χ3v) is 6.37. The van der Waals surface area contributed by atoms with Gasteiger partial charge in [0, 0.05) is 12.7 Å². The van der Waals surface area contributed by atoms with E-state index in [0.29, 0.717) is 22.0 Å². The van der Waals surface area contributed by atoms with E-state index in [-0.39, 0.29) is 11.0 Å². The van der Waals surface area contributed by atoms with Crippen molar-refractivity contribution in [3.63, 3.8) is 0 Å². The molecule has 3 aromatic rings. The summed E-state index contributed by atoms with van der Waals surface area (Å²) in [5.74, 6) is 1.03. The van der Waals surface area contributed by atoms with E-state index in [0.717, 1.165) is 27.6 Å². The van der Waals surface area contributed by atoms with Gasteiger partial charge in [0.25, 0.3) is 5.91 Å². The van der Waals surface area contributed by atoms with E-state index in [4.69, 9.17) is 4.74 Å². The number of anilines is 2. The molecule has 0 aliphatic carbocycles. The molecule has 7 nitrogen and oxygen atoms in total. The minimum Gasteiger partial charge on any atom is -0.457 e. The van der Waals surface area contributed by atoms with Gasteiger partial charge in [-0.1, -0.05) is 29.5 Å². The molecule has 0 radical (unpaired) electrons. The minimum absolute atomic E-state index is 0.247. The van der Waals surface area contributed by atoms with Gasteiger partial charge in [0.15, 0.2) is 5.13 Å². The van der Waals surface area contributed by atoms with Gasteiger partial charge in [0.05, 0.1) is 11.9 Å². The van der Waals surface area contributed by atoms with E-state index in [1.165, 1.54) is 7.05 Å². The van der Waals surface area contributed by atoms with Gasteiger partial charge in [-0.3, -0.25) is 4.79 Å². The second-order valence-electron chi connectivity index (χ2n) is 6.04. The normalized spacial score (nSPS) is 11.1. The van der Waals surface area contributed by atoms with Gasteiger partial charge >= 0.3 is 0 Å². The van der Waals surface area contributed by atoms with Crippen molar-refractivity contribution in [2.75, 3.05) is 22.9 Å². The van der Waals surface area contributed by atoms with Crippen molar-refractivity contribution in [2.24, 2.45) is 0 Å². The Balaban J connectivity index is 1.70. The number of para-hydroxylation sites is 1. The zero-order chi connectivity index (χ0) is 20.3. The molecular formula is C19H19N3O4S2. The molecule has 3 rings (SSSR count). The second-order valence-corrected chi connectivity index (χ2v) is 9.03.